The van der Waals surface area contributed by atoms with E-state index in [-0.39, 0.29) is 5.91 Å². The van der Waals surface area contributed by atoms with Gasteiger partial charge in [0.1, 0.15) is 16.5 Å². The molecule has 7 heteroatoms. The largest absolute Gasteiger partial charge is 0.337 e. The lowest BCUT2D eigenvalue weighted by Gasteiger charge is -2.28. The highest BCUT2D eigenvalue weighted by molar-refractivity contribution is 7.09. The molecule has 6 nitrogen and oxygen atoms in total. The topological polar surface area (TPSA) is 54.3 Å². The van der Waals surface area contributed by atoms with E-state index in [1.165, 1.54) is 0 Å². The van der Waals surface area contributed by atoms with Crippen molar-refractivity contribution in [1.82, 2.24) is 24.3 Å². The minimum atomic E-state index is 0.143. The van der Waals surface area contributed by atoms with Crippen LogP contribution in [0, 0.1) is 0 Å². The van der Waals surface area contributed by atoms with Gasteiger partial charge in [-0.05, 0) is 12.8 Å². The van der Waals surface area contributed by atoms with Gasteiger partial charge in [0.2, 0.25) is 0 Å². The first-order valence-corrected chi connectivity index (χ1v) is 8.63. The summed E-state index contributed by atoms with van der Waals surface area (Å²) in [5.41, 5.74) is 0.755. The Kier molecular flexibility index (Phi) is 3.67. The Balaban J connectivity index is 1.48. The van der Waals surface area contributed by atoms with Gasteiger partial charge >= 0.3 is 0 Å². The molecule has 1 saturated heterocycles. The Morgan fingerprint density at radius 2 is 2.05 bits per heavy atom. The maximum atomic E-state index is 12.6. The van der Waals surface area contributed by atoms with Gasteiger partial charge in [0.05, 0.1) is 19.3 Å². The van der Waals surface area contributed by atoms with Crippen LogP contribution in [0.4, 0.5) is 0 Å². The average Bonchev–Trinajstić information content (AvgIpc) is 3.28. The number of imidazole rings is 1. The minimum Gasteiger partial charge on any atom is -0.337 e. The zero-order valence-corrected chi connectivity index (χ0v) is 13.3. The number of rotatable bonds is 3. The Morgan fingerprint density at radius 1 is 1.18 bits per heavy atom. The van der Waals surface area contributed by atoms with Crippen molar-refractivity contribution < 1.29 is 4.79 Å². The van der Waals surface area contributed by atoms with Gasteiger partial charge in [-0.2, -0.15) is 0 Å². The van der Waals surface area contributed by atoms with Crippen LogP contribution in [0.15, 0.2) is 17.8 Å². The first kappa shape index (κ1) is 13.9. The van der Waals surface area contributed by atoms with Crippen LogP contribution < -0.4 is 0 Å². The number of thiazole rings is 1. The standard InChI is InChI=1S/C15H19N5OS/c21-15(19-4-1-2-5-19)12-9-17-13-10-18(6-7-20(12)13)11-14-16-3-8-22-14/h3,8-9H,1-2,4-7,10-11H2. The first-order valence-electron chi connectivity index (χ1n) is 7.75. The van der Waals surface area contributed by atoms with Crippen molar-refractivity contribution in [3.05, 3.63) is 34.3 Å². The highest BCUT2D eigenvalue weighted by Gasteiger charge is 2.27. The van der Waals surface area contributed by atoms with Crippen molar-refractivity contribution in [1.29, 1.82) is 0 Å². The fourth-order valence-electron chi connectivity index (χ4n) is 3.22. The normalized spacial score (nSPS) is 18.6. The van der Waals surface area contributed by atoms with Gasteiger partial charge in [-0.3, -0.25) is 9.69 Å². The van der Waals surface area contributed by atoms with Crippen LogP contribution in [0.2, 0.25) is 0 Å². The van der Waals surface area contributed by atoms with Gasteiger partial charge in [0.25, 0.3) is 5.91 Å². The lowest BCUT2D eigenvalue weighted by Crippen LogP contribution is -2.36. The zero-order chi connectivity index (χ0) is 14.9. The SMILES string of the molecule is O=C(c1cnc2n1CCN(Cc1nccs1)C2)N1CCCC1. The van der Waals surface area contributed by atoms with E-state index in [9.17, 15) is 4.79 Å². The molecule has 0 spiro atoms. The minimum absolute atomic E-state index is 0.143. The second-order valence-electron chi connectivity index (χ2n) is 5.85. The molecule has 0 radical (unpaired) electrons. The van der Waals surface area contributed by atoms with Crippen LogP contribution in [-0.4, -0.2) is 49.9 Å². The van der Waals surface area contributed by atoms with Crippen molar-refractivity contribution >= 4 is 17.2 Å². The Hall–Kier alpha value is -1.73. The molecule has 0 saturated carbocycles. The number of amides is 1. The predicted molar refractivity (Wildman–Crippen MR) is 83.6 cm³/mol. The molecule has 0 aliphatic carbocycles. The molecule has 116 valence electrons. The van der Waals surface area contributed by atoms with Crippen molar-refractivity contribution in [3.63, 3.8) is 0 Å². The molecular formula is C15H19N5OS. The van der Waals surface area contributed by atoms with Gasteiger partial charge in [-0.15, -0.1) is 11.3 Å². The fourth-order valence-corrected chi connectivity index (χ4v) is 3.88. The molecule has 4 rings (SSSR count). The van der Waals surface area contributed by atoms with Crippen LogP contribution in [-0.2, 0) is 19.6 Å². The summed E-state index contributed by atoms with van der Waals surface area (Å²) < 4.78 is 2.10. The summed E-state index contributed by atoms with van der Waals surface area (Å²) in [5.74, 6) is 1.13. The summed E-state index contributed by atoms with van der Waals surface area (Å²) in [7, 11) is 0. The van der Waals surface area contributed by atoms with Crippen molar-refractivity contribution in [2.45, 2.75) is 32.5 Å². The van der Waals surface area contributed by atoms with Gasteiger partial charge in [0.15, 0.2) is 0 Å². The number of fused-ring (bicyclic) bond motifs is 1. The quantitative estimate of drug-likeness (QED) is 0.863. The number of aromatic nitrogens is 3. The molecular weight excluding hydrogens is 298 g/mol. The number of carbonyl (C=O) groups excluding carboxylic acids is 1. The van der Waals surface area contributed by atoms with Crippen molar-refractivity contribution in [3.8, 4) is 0 Å². The van der Waals surface area contributed by atoms with Gasteiger partial charge in [-0.25, -0.2) is 9.97 Å². The number of nitrogens with zero attached hydrogens (tertiary/aromatic N) is 5. The van der Waals surface area contributed by atoms with E-state index >= 15 is 0 Å². The number of carbonyl (C=O) groups is 1. The lowest BCUT2D eigenvalue weighted by molar-refractivity contribution is 0.0777. The van der Waals surface area contributed by atoms with Crippen LogP contribution in [0.1, 0.15) is 34.2 Å². The van der Waals surface area contributed by atoms with Crippen molar-refractivity contribution in [2.24, 2.45) is 0 Å². The van der Waals surface area contributed by atoms with Gasteiger partial charge < -0.3 is 9.47 Å². The maximum Gasteiger partial charge on any atom is 0.272 e. The molecule has 0 bridgehead atoms. The number of hydrogen-bond donors (Lipinski definition) is 0. The van der Waals surface area contributed by atoms with Gasteiger partial charge in [0, 0.05) is 37.8 Å². The third kappa shape index (κ3) is 2.55. The molecule has 0 N–H and O–H groups in total. The van der Waals surface area contributed by atoms with E-state index in [4.69, 9.17) is 0 Å². The summed E-state index contributed by atoms with van der Waals surface area (Å²) in [6.45, 7) is 5.18. The van der Waals surface area contributed by atoms with E-state index in [1.807, 2.05) is 16.5 Å². The summed E-state index contributed by atoms with van der Waals surface area (Å²) in [6, 6.07) is 0. The fraction of sp³-hybridized carbons (Fsp3) is 0.533. The molecule has 4 heterocycles. The van der Waals surface area contributed by atoms with Crippen LogP contribution in [0.5, 0.6) is 0 Å². The van der Waals surface area contributed by atoms with E-state index in [0.29, 0.717) is 0 Å². The van der Waals surface area contributed by atoms with E-state index in [1.54, 1.807) is 17.5 Å². The van der Waals surface area contributed by atoms with Crippen LogP contribution in [0.3, 0.4) is 0 Å². The molecule has 0 aromatic carbocycles. The lowest BCUT2D eigenvalue weighted by atomic mass is 10.3. The second kappa shape index (κ2) is 5.81. The third-order valence-electron chi connectivity index (χ3n) is 4.40. The Morgan fingerprint density at radius 3 is 2.82 bits per heavy atom. The molecule has 0 unspecified atom stereocenters. The van der Waals surface area contributed by atoms with Crippen LogP contribution in [0.25, 0.3) is 0 Å². The van der Waals surface area contributed by atoms with Crippen LogP contribution >= 0.6 is 11.3 Å². The predicted octanol–water partition coefficient (Wildman–Crippen LogP) is 1.59. The smallest absolute Gasteiger partial charge is 0.272 e. The third-order valence-corrected chi connectivity index (χ3v) is 5.16. The van der Waals surface area contributed by atoms with E-state index in [2.05, 4.69) is 19.4 Å². The summed E-state index contributed by atoms with van der Waals surface area (Å²) in [6.07, 6.45) is 5.84. The highest BCUT2D eigenvalue weighted by Crippen LogP contribution is 2.20. The molecule has 2 aliphatic rings. The molecule has 2 aromatic heterocycles. The number of likely N-dealkylation sites (tertiary alicyclic amines) is 1. The maximum absolute atomic E-state index is 12.6. The van der Waals surface area contributed by atoms with E-state index < -0.39 is 0 Å². The molecule has 1 fully saturated rings. The first-order chi connectivity index (χ1) is 10.8. The zero-order valence-electron chi connectivity index (χ0n) is 12.4. The Labute approximate surface area is 133 Å². The molecule has 1 amide bonds. The summed E-state index contributed by atoms with van der Waals surface area (Å²) >= 11 is 1.68. The molecule has 2 aliphatic heterocycles. The summed E-state index contributed by atoms with van der Waals surface area (Å²) in [4.78, 5) is 25.7. The van der Waals surface area contributed by atoms with Gasteiger partial charge in [-0.1, -0.05) is 0 Å². The average molecular weight is 317 g/mol. The highest BCUT2D eigenvalue weighted by atomic mass is 32.1. The Bertz CT molecular complexity index is 660. The molecule has 0 atom stereocenters. The second-order valence-corrected chi connectivity index (χ2v) is 6.83. The van der Waals surface area contributed by atoms with Crippen molar-refractivity contribution in [2.75, 3.05) is 19.6 Å². The summed E-state index contributed by atoms with van der Waals surface area (Å²) in [5, 5.41) is 3.14. The monoisotopic (exact) mass is 317 g/mol. The molecule has 22 heavy (non-hydrogen) atoms. The molecule has 2 aromatic rings. The van der Waals surface area contributed by atoms with E-state index in [0.717, 1.165) is 68.6 Å². The number of hydrogen-bond acceptors (Lipinski definition) is 5.